The maximum Gasteiger partial charge on any atom is 0.315 e. The minimum Gasteiger partial charge on any atom is -0.382 e. The first-order valence-corrected chi connectivity index (χ1v) is 9.22. The molecular formula is C21H20N6O4. The average molecular weight is 420 g/mol. The third-order valence-electron chi connectivity index (χ3n) is 4.51. The third-order valence-corrected chi connectivity index (χ3v) is 4.51. The molecule has 2 aromatic carbocycles. The highest BCUT2D eigenvalue weighted by Crippen LogP contribution is 2.17. The van der Waals surface area contributed by atoms with E-state index < -0.39 is 11.0 Å². The molecule has 158 valence electrons. The van der Waals surface area contributed by atoms with E-state index in [2.05, 4.69) is 10.3 Å². The van der Waals surface area contributed by atoms with Crippen molar-refractivity contribution in [1.82, 2.24) is 9.88 Å². The molecule has 3 aromatic rings. The number of hydrogen-bond donors (Lipinski definition) is 3. The molecule has 0 aliphatic rings. The summed E-state index contributed by atoms with van der Waals surface area (Å²) in [6.45, 7) is 0.402. The second kappa shape index (κ2) is 9.35. The molecule has 10 heteroatoms. The van der Waals surface area contributed by atoms with Crippen LogP contribution in [0.1, 0.15) is 21.5 Å². The smallest absolute Gasteiger partial charge is 0.315 e. The number of non-ortho nitro benzene ring substituents is 1. The number of amides is 3. The van der Waals surface area contributed by atoms with Gasteiger partial charge in [0, 0.05) is 37.0 Å². The van der Waals surface area contributed by atoms with Gasteiger partial charge in [0.05, 0.1) is 10.6 Å². The number of aromatic nitrogens is 1. The van der Waals surface area contributed by atoms with Crippen LogP contribution in [0, 0.1) is 10.1 Å². The molecule has 31 heavy (non-hydrogen) atoms. The van der Waals surface area contributed by atoms with Crippen molar-refractivity contribution in [1.29, 1.82) is 0 Å². The zero-order valence-corrected chi connectivity index (χ0v) is 16.4. The van der Waals surface area contributed by atoms with E-state index in [9.17, 15) is 19.7 Å². The highest BCUT2D eigenvalue weighted by molar-refractivity contribution is 6.05. The Morgan fingerprint density at radius 1 is 1.00 bits per heavy atom. The number of nitrogens with one attached hydrogen (secondary N) is 1. The van der Waals surface area contributed by atoms with Crippen LogP contribution < -0.4 is 16.8 Å². The SMILES string of the molecule is NC(=O)N(Cc1ccc(C(=O)Nc2cccnc2N)cc1)Cc1ccc([N+](=O)[O-])cc1. The number of carbonyl (C=O) groups is 2. The van der Waals surface area contributed by atoms with Crippen LogP contribution in [0.3, 0.4) is 0 Å². The molecule has 0 aliphatic heterocycles. The Kier molecular flexibility index (Phi) is 6.41. The lowest BCUT2D eigenvalue weighted by Gasteiger charge is -2.20. The quantitative estimate of drug-likeness (QED) is 0.394. The van der Waals surface area contributed by atoms with Crippen molar-refractivity contribution in [2.45, 2.75) is 13.1 Å². The van der Waals surface area contributed by atoms with E-state index in [4.69, 9.17) is 11.5 Å². The predicted octanol–water partition coefficient (Wildman–Crippen LogP) is 2.91. The number of hydrogen-bond acceptors (Lipinski definition) is 6. The van der Waals surface area contributed by atoms with E-state index >= 15 is 0 Å². The molecule has 3 amide bonds. The van der Waals surface area contributed by atoms with Gasteiger partial charge in [0.1, 0.15) is 5.82 Å². The number of nitrogens with zero attached hydrogens (tertiary/aromatic N) is 3. The van der Waals surface area contributed by atoms with Gasteiger partial charge in [-0.25, -0.2) is 9.78 Å². The van der Waals surface area contributed by atoms with Gasteiger partial charge in [-0.2, -0.15) is 0 Å². The average Bonchev–Trinajstić information content (AvgIpc) is 2.75. The molecule has 1 heterocycles. The van der Waals surface area contributed by atoms with Gasteiger partial charge in [-0.3, -0.25) is 14.9 Å². The Hall–Kier alpha value is -4.47. The minimum absolute atomic E-state index is 0.0312. The van der Waals surface area contributed by atoms with Crippen molar-refractivity contribution in [3.63, 3.8) is 0 Å². The minimum atomic E-state index is -0.632. The Balaban J connectivity index is 1.66. The Labute approximate surface area is 177 Å². The standard InChI is InChI=1S/C21H20N6O4/c22-19-18(2-1-11-24-19)25-20(28)16-7-3-14(4-8-16)12-26(21(23)29)13-15-5-9-17(10-6-15)27(30)31/h1-11H,12-13H2,(H2,22,24)(H2,23,29)(H,25,28). The number of anilines is 2. The molecule has 10 nitrogen and oxygen atoms in total. The molecule has 0 saturated carbocycles. The summed E-state index contributed by atoms with van der Waals surface area (Å²) < 4.78 is 0. The molecule has 0 radical (unpaired) electrons. The summed E-state index contributed by atoms with van der Waals surface area (Å²) >= 11 is 0. The fourth-order valence-electron chi connectivity index (χ4n) is 2.85. The number of nitrogens with two attached hydrogens (primary N) is 2. The number of benzene rings is 2. The van der Waals surface area contributed by atoms with Crippen LogP contribution in [0.4, 0.5) is 22.0 Å². The maximum absolute atomic E-state index is 12.4. The molecule has 0 aliphatic carbocycles. The lowest BCUT2D eigenvalue weighted by atomic mass is 10.1. The van der Waals surface area contributed by atoms with Crippen LogP contribution in [0.2, 0.25) is 0 Å². The van der Waals surface area contributed by atoms with E-state index in [-0.39, 0.29) is 30.5 Å². The Morgan fingerprint density at radius 3 is 2.10 bits per heavy atom. The van der Waals surface area contributed by atoms with Crippen LogP contribution in [-0.4, -0.2) is 26.7 Å². The van der Waals surface area contributed by atoms with Crippen molar-refractivity contribution in [2.24, 2.45) is 5.73 Å². The van der Waals surface area contributed by atoms with Crippen LogP contribution in [0.25, 0.3) is 0 Å². The van der Waals surface area contributed by atoms with Crippen LogP contribution >= 0.6 is 0 Å². The van der Waals surface area contributed by atoms with E-state index in [1.54, 1.807) is 48.5 Å². The van der Waals surface area contributed by atoms with Gasteiger partial charge >= 0.3 is 6.03 Å². The molecule has 0 saturated heterocycles. The van der Waals surface area contributed by atoms with Gasteiger partial charge in [0.25, 0.3) is 11.6 Å². The molecule has 0 spiro atoms. The highest BCUT2D eigenvalue weighted by atomic mass is 16.6. The summed E-state index contributed by atoms with van der Waals surface area (Å²) in [7, 11) is 0. The fraction of sp³-hybridized carbons (Fsp3) is 0.0952. The molecular weight excluding hydrogens is 400 g/mol. The zero-order valence-electron chi connectivity index (χ0n) is 16.4. The number of nitro groups is 1. The summed E-state index contributed by atoms with van der Waals surface area (Å²) in [5.41, 5.74) is 13.5. The van der Waals surface area contributed by atoms with Crippen molar-refractivity contribution < 1.29 is 14.5 Å². The molecule has 3 rings (SSSR count). The van der Waals surface area contributed by atoms with E-state index in [0.717, 1.165) is 5.56 Å². The van der Waals surface area contributed by atoms with Crippen molar-refractivity contribution in [2.75, 3.05) is 11.1 Å². The molecule has 0 bridgehead atoms. The van der Waals surface area contributed by atoms with Crippen LogP contribution in [0.5, 0.6) is 0 Å². The van der Waals surface area contributed by atoms with Crippen molar-refractivity contribution in [3.05, 3.63) is 93.7 Å². The second-order valence-corrected chi connectivity index (χ2v) is 6.71. The number of primary amides is 1. The molecule has 0 unspecified atom stereocenters. The fourth-order valence-corrected chi connectivity index (χ4v) is 2.85. The predicted molar refractivity (Wildman–Crippen MR) is 115 cm³/mol. The highest BCUT2D eigenvalue weighted by Gasteiger charge is 2.14. The number of pyridine rings is 1. The first kappa shape index (κ1) is 21.2. The zero-order chi connectivity index (χ0) is 22.4. The van der Waals surface area contributed by atoms with Gasteiger partial charge in [0.15, 0.2) is 0 Å². The summed E-state index contributed by atoms with van der Waals surface area (Å²) in [6, 6.07) is 15.3. The Morgan fingerprint density at radius 2 is 1.58 bits per heavy atom. The summed E-state index contributed by atoms with van der Waals surface area (Å²) in [6.07, 6.45) is 1.53. The van der Waals surface area contributed by atoms with E-state index in [0.29, 0.717) is 16.8 Å². The largest absolute Gasteiger partial charge is 0.382 e. The second-order valence-electron chi connectivity index (χ2n) is 6.71. The van der Waals surface area contributed by atoms with Gasteiger partial charge < -0.3 is 21.7 Å². The number of urea groups is 1. The molecule has 0 fully saturated rings. The lowest BCUT2D eigenvalue weighted by Crippen LogP contribution is -2.34. The maximum atomic E-state index is 12.4. The summed E-state index contributed by atoms with van der Waals surface area (Å²) in [5.74, 6) is -0.125. The topological polar surface area (TPSA) is 157 Å². The number of carbonyl (C=O) groups excluding carboxylic acids is 2. The van der Waals surface area contributed by atoms with Crippen molar-refractivity contribution in [3.8, 4) is 0 Å². The van der Waals surface area contributed by atoms with Crippen LogP contribution in [0.15, 0.2) is 66.9 Å². The first-order valence-electron chi connectivity index (χ1n) is 9.22. The van der Waals surface area contributed by atoms with Crippen molar-refractivity contribution >= 4 is 29.1 Å². The monoisotopic (exact) mass is 420 g/mol. The van der Waals surface area contributed by atoms with Crippen LogP contribution in [-0.2, 0) is 13.1 Å². The van der Waals surface area contributed by atoms with E-state index in [1.165, 1.54) is 23.2 Å². The van der Waals surface area contributed by atoms with Gasteiger partial charge in [-0.1, -0.05) is 24.3 Å². The number of nitrogen functional groups attached to an aromatic ring is 1. The molecule has 1 aromatic heterocycles. The third kappa shape index (κ3) is 5.54. The molecule has 5 N–H and O–H groups in total. The Bertz CT molecular complexity index is 1100. The number of nitro benzene ring substituents is 1. The van der Waals surface area contributed by atoms with Gasteiger partial charge in [-0.05, 0) is 35.4 Å². The van der Waals surface area contributed by atoms with Gasteiger partial charge in [0.2, 0.25) is 0 Å². The summed E-state index contributed by atoms with van der Waals surface area (Å²) in [4.78, 5) is 39.8. The number of rotatable bonds is 7. The van der Waals surface area contributed by atoms with E-state index in [1.807, 2.05) is 0 Å². The lowest BCUT2D eigenvalue weighted by molar-refractivity contribution is -0.384. The normalized spacial score (nSPS) is 10.3. The first-order chi connectivity index (χ1) is 14.8. The summed E-state index contributed by atoms with van der Waals surface area (Å²) in [5, 5.41) is 13.5. The molecule has 0 atom stereocenters. The van der Waals surface area contributed by atoms with Gasteiger partial charge in [-0.15, -0.1) is 0 Å².